The molecule has 98 valence electrons. The fourth-order valence-electron chi connectivity index (χ4n) is 2.06. The number of benzene rings is 2. The standard InChI is InChI=1S/C17H15N3/c18-17(14-7-2-1-3-8-14)19-12-15-11-10-13-6-4-5-9-16(13)20-15/h1-11H,12H2,(H2,18,19). The number of hydrogen-bond donors (Lipinski definition) is 1. The lowest BCUT2D eigenvalue weighted by Gasteiger charge is -2.02. The molecule has 3 nitrogen and oxygen atoms in total. The zero-order valence-corrected chi connectivity index (χ0v) is 11.0. The summed E-state index contributed by atoms with van der Waals surface area (Å²) in [6.07, 6.45) is 0. The minimum atomic E-state index is 0.492. The van der Waals surface area contributed by atoms with E-state index < -0.39 is 0 Å². The fraction of sp³-hybridized carbons (Fsp3) is 0.0588. The first-order valence-electron chi connectivity index (χ1n) is 6.53. The number of aliphatic imine (C=N–C) groups is 1. The van der Waals surface area contributed by atoms with E-state index in [4.69, 9.17) is 5.73 Å². The largest absolute Gasteiger partial charge is 0.383 e. The zero-order chi connectivity index (χ0) is 13.8. The third-order valence-electron chi connectivity index (χ3n) is 3.14. The number of hydrogen-bond acceptors (Lipinski definition) is 2. The number of nitrogens with zero attached hydrogens (tertiary/aromatic N) is 2. The normalized spacial score (nSPS) is 11.7. The molecule has 3 rings (SSSR count). The summed E-state index contributed by atoms with van der Waals surface area (Å²) in [7, 11) is 0. The van der Waals surface area contributed by atoms with Gasteiger partial charge in [0.25, 0.3) is 0 Å². The molecule has 0 fully saturated rings. The Balaban J connectivity index is 1.83. The molecule has 0 radical (unpaired) electrons. The van der Waals surface area contributed by atoms with E-state index in [1.54, 1.807) is 0 Å². The molecule has 0 aliphatic carbocycles. The van der Waals surface area contributed by atoms with Crippen molar-refractivity contribution in [2.24, 2.45) is 10.7 Å². The van der Waals surface area contributed by atoms with Gasteiger partial charge in [0.1, 0.15) is 5.84 Å². The molecular weight excluding hydrogens is 246 g/mol. The lowest BCUT2D eigenvalue weighted by Crippen LogP contribution is -2.13. The van der Waals surface area contributed by atoms with E-state index in [0.717, 1.165) is 22.2 Å². The van der Waals surface area contributed by atoms with Gasteiger partial charge in [0.15, 0.2) is 0 Å². The highest BCUT2D eigenvalue weighted by Gasteiger charge is 1.99. The van der Waals surface area contributed by atoms with Crippen molar-refractivity contribution in [2.75, 3.05) is 0 Å². The average molecular weight is 261 g/mol. The van der Waals surface area contributed by atoms with Crippen LogP contribution in [0.15, 0.2) is 71.7 Å². The van der Waals surface area contributed by atoms with E-state index in [9.17, 15) is 0 Å². The topological polar surface area (TPSA) is 51.3 Å². The Kier molecular flexibility index (Phi) is 3.42. The maximum atomic E-state index is 5.98. The Bertz CT molecular complexity index is 748. The van der Waals surface area contributed by atoms with Crippen LogP contribution < -0.4 is 5.73 Å². The van der Waals surface area contributed by atoms with Crippen molar-refractivity contribution in [3.63, 3.8) is 0 Å². The molecule has 1 aromatic heterocycles. The SMILES string of the molecule is NC(=NCc1ccc2ccccc2n1)c1ccccc1. The molecule has 0 amide bonds. The Morgan fingerprint density at radius 1 is 0.900 bits per heavy atom. The van der Waals surface area contributed by atoms with Gasteiger partial charge in [-0.15, -0.1) is 0 Å². The third kappa shape index (κ3) is 2.67. The first-order chi connectivity index (χ1) is 9.83. The van der Waals surface area contributed by atoms with Crippen molar-refractivity contribution in [1.82, 2.24) is 4.98 Å². The molecular formula is C17H15N3. The Labute approximate surface area is 117 Å². The zero-order valence-electron chi connectivity index (χ0n) is 11.0. The highest BCUT2D eigenvalue weighted by molar-refractivity contribution is 5.97. The van der Waals surface area contributed by atoms with E-state index in [0.29, 0.717) is 12.4 Å². The second-order valence-corrected chi connectivity index (χ2v) is 4.56. The summed E-state index contributed by atoms with van der Waals surface area (Å²) < 4.78 is 0. The number of amidine groups is 1. The Hall–Kier alpha value is -2.68. The van der Waals surface area contributed by atoms with E-state index in [1.807, 2.05) is 60.7 Å². The summed E-state index contributed by atoms with van der Waals surface area (Å²) in [5.41, 5.74) is 8.82. The molecule has 0 aliphatic rings. The number of fused-ring (bicyclic) bond motifs is 1. The number of para-hydroxylation sites is 1. The van der Waals surface area contributed by atoms with Crippen LogP contribution in [-0.2, 0) is 6.54 Å². The van der Waals surface area contributed by atoms with E-state index in [-0.39, 0.29) is 0 Å². The summed E-state index contributed by atoms with van der Waals surface area (Å²) >= 11 is 0. The second kappa shape index (κ2) is 5.53. The monoisotopic (exact) mass is 261 g/mol. The molecule has 2 N–H and O–H groups in total. The highest BCUT2D eigenvalue weighted by atomic mass is 14.9. The van der Waals surface area contributed by atoms with Crippen LogP contribution in [0.2, 0.25) is 0 Å². The molecule has 1 heterocycles. The Morgan fingerprint density at radius 3 is 2.50 bits per heavy atom. The lowest BCUT2D eigenvalue weighted by atomic mass is 10.2. The van der Waals surface area contributed by atoms with Crippen LogP contribution in [-0.4, -0.2) is 10.8 Å². The van der Waals surface area contributed by atoms with Crippen LogP contribution >= 0.6 is 0 Å². The van der Waals surface area contributed by atoms with Crippen molar-refractivity contribution in [3.8, 4) is 0 Å². The first kappa shape index (κ1) is 12.4. The van der Waals surface area contributed by atoms with Gasteiger partial charge in [0, 0.05) is 10.9 Å². The first-order valence-corrected chi connectivity index (χ1v) is 6.53. The van der Waals surface area contributed by atoms with Gasteiger partial charge in [0.2, 0.25) is 0 Å². The van der Waals surface area contributed by atoms with Gasteiger partial charge in [-0.3, -0.25) is 9.98 Å². The molecule has 0 bridgehead atoms. The second-order valence-electron chi connectivity index (χ2n) is 4.56. The lowest BCUT2D eigenvalue weighted by molar-refractivity contribution is 1.00. The molecule has 0 unspecified atom stereocenters. The predicted octanol–water partition coefficient (Wildman–Crippen LogP) is 3.14. The molecule has 0 aliphatic heterocycles. The van der Waals surface area contributed by atoms with Gasteiger partial charge in [0.05, 0.1) is 17.8 Å². The van der Waals surface area contributed by atoms with Crippen LogP contribution in [0.1, 0.15) is 11.3 Å². The van der Waals surface area contributed by atoms with Gasteiger partial charge in [-0.2, -0.15) is 0 Å². The van der Waals surface area contributed by atoms with E-state index in [2.05, 4.69) is 16.0 Å². The van der Waals surface area contributed by atoms with Gasteiger partial charge in [-0.05, 0) is 12.1 Å². The van der Waals surface area contributed by atoms with Crippen LogP contribution in [0.5, 0.6) is 0 Å². The molecule has 3 aromatic rings. The molecule has 0 atom stereocenters. The number of aromatic nitrogens is 1. The van der Waals surface area contributed by atoms with E-state index >= 15 is 0 Å². The molecule has 20 heavy (non-hydrogen) atoms. The third-order valence-corrected chi connectivity index (χ3v) is 3.14. The predicted molar refractivity (Wildman–Crippen MR) is 82.6 cm³/mol. The number of rotatable bonds is 3. The van der Waals surface area contributed by atoms with Gasteiger partial charge < -0.3 is 5.73 Å². The summed E-state index contributed by atoms with van der Waals surface area (Å²) in [6.45, 7) is 0.492. The molecule has 0 saturated heterocycles. The smallest absolute Gasteiger partial charge is 0.126 e. The molecule has 0 saturated carbocycles. The van der Waals surface area contributed by atoms with Gasteiger partial charge >= 0.3 is 0 Å². The molecule has 0 spiro atoms. The maximum absolute atomic E-state index is 5.98. The fourth-order valence-corrected chi connectivity index (χ4v) is 2.06. The highest BCUT2D eigenvalue weighted by Crippen LogP contribution is 2.12. The van der Waals surface area contributed by atoms with Gasteiger partial charge in [-0.25, -0.2) is 0 Å². The minimum absolute atomic E-state index is 0.492. The van der Waals surface area contributed by atoms with E-state index in [1.165, 1.54) is 0 Å². The summed E-state index contributed by atoms with van der Waals surface area (Å²) in [6, 6.07) is 21.9. The van der Waals surface area contributed by atoms with Crippen LogP contribution in [0, 0.1) is 0 Å². The summed E-state index contributed by atoms with van der Waals surface area (Å²) in [5.74, 6) is 0.542. The van der Waals surface area contributed by atoms with Crippen molar-refractivity contribution in [3.05, 3.63) is 78.0 Å². The van der Waals surface area contributed by atoms with Crippen molar-refractivity contribution in [1.29, 1.82) is 0 Å². The minimum Gasteiger partial charge on any atom is -0.383 e. The van der Waals surface area contributed by atoms with Crippen molar-refractivity contribution < 1.29 is 0 Å². The number of pyridine rings is 1. The Morgan fingerprint density at radius 2 is 1.65 bits per heavy atom. The van der Waals surface area contributed by atoms with Gasteiger partial charge in [-0.1, -0.05) is 54.6 Å². The molecule has 2 aromatic carbocycles. The summed E-state index contributed by atoms with van der Waals surface area (Å²) in [5, 5.41) is 1.14. The van der Waals surface area contributed by atoms with Crippen LogP contribution in [0.25, 0.3) is 10.9 Å². The maximum Gasteiger partial charge on any atom is 0.126 e. The quantitative estimate of drug-likeness (QED) is 0.581. The van der Waals surface area contributed by atoms with Crippen LogP contribution in [0.3, 0.4) is 0 Å². The van der Waals surface area contributed by atoms with Crippen molar-refractivity contribution >= 4 is 16.7 Å². The summed E-state index contributed by atoms with van der Waals surface area (Å²) in [4.78, 5) is 8.98. The van der Waals surface area contributed by atoms with Crippen molar-refractivity contribution in [2.45, 2.75) is 6.54 Å². The molecule has 3 heteroatoms. The van der Waals surface area contributed by atoms with Crippen LogP contribution in [0.4, 0.5) is 0 Å². The number of nitrogens with two attached hydrogens (primary N) is 1. The average Bonchev–Trinajstić information content (AvgIpc) is 2.53.